The van der Waals surface area contributed by atoms with Gasteiger partial charge in [0.25, 0.3) is 0 Å². The number of fused-ring (bicyclic) bond motifs is 1. The lowest BCUT2D eigenvalue weighted by Gasteiger charge is -2.32. The lowest BCUT2D eigenvalue weighted by Crippen LogP contribution is -2.42. The molecule has 1 fully saturated rings. The fourth-order valence-electron chi connectivity index (χ4n) is 4.63. The number of halogens is 4. The second-order valence-electron chi connectivity index (χ2n) is 9.59. The average Bonchev–Trinajstić information content (AvgIpc) is 2.98. The Morgan fingerprint density at radius 1 is 1.07 bits per heavy atom. The minimum absolute atomic E-state index is 0.0849. The molecule has 0 spiro atoms. The van der Waals surface area contributed by atoms with E-state index in [2.05, 4.69) is 19.5 Å². The van der Waals surface area contributed by atoms with E-state index in [1.165, 1.54) is 49.8 Å². The first-order chi connectivity index (χ1) is 20.5. The molecule has 0 radical (unpaired) electrons. The summed E-state index contributed by atoms with van der Waals surface area (Å²) in [6.45, 7) is 0.903. The second-order valence-corrected chi connectivity index (χ2v) is 11.3. The van der Waals surface area contributed by atoms with Crippen LogP contribution in [0.1, 0.15) is 18.4 Å². The Hall–Kier alpha value is -3.94. The Morgan fingerprint density at radius 3 is 2.47 bits per heavy atom. The SMILES string of the molecule is COc1cc2ncnc(Nc3ccc(Cl)c(Cl)c3F)c2cc1OC1CCN(C(=O)Cc2ccc(OS(=O)(=O)F)cc2)CC1. The zero-order valence-electron chi connectivity index (χ0n) is 22.5. The van der Waals surface area contributed by atoms with E-state index < -0.39 is 16.3 Å². The van der Waals surface area contributed by atoms with E-state index in [0.29, 0.717) is 59.7 Å². The van der Waals surface area contributed by atoms with E-state index in [1.54, 1.807) is 17.0 Å². The van der Waals surface area contributed by atoms with E-state index >= 15 is 0 Å². The number of hydrogen-bond acceptors (Lipinski definition) is 9. The van der Waals surface area contributed by atoms with Crippen molar-refractivity contribution >= 4 is 62.0 Å². The predicted molar refractivity (Wildman–Crippen MR) is 157 cm³/mol. The van der Waals surface area contributed by atoms with Gasteiger partial charge in [0.1, 0.15) is 24.0 Å². The Bertz CT molecular complexity index is 1770. The zero-order valence-corrected chi connectivity index (χ0v) is 24.8. The summed E-state index contributed by atoms with van der Waals surface area (Å²) in [5.74, 6) is 0.188. The summed E-state index contributed by atoms with van der Waals surface area (Å²) in [6.07, 6.45) is 2.31. The van der Waals surface area contributed by atoms with Crippen LogP contribution in [0.25, 0.3) is 10.9 Å². The standard InChI is InChI=1S/C28H24Cl2F2N4O6S/c1-40-23-14-22-19(28(34-15-33-22)35-21-7-6-20(29)26(30)27(21)31)13-24(23)41-17-8-10-36(11-9-17)25(37)12-16-2-4-18(5-3-16)42-43(32,38)39/h2-7,13-15,17H,8-12H2,1H3,(H,33,34,35). The molecule has 0 unspecified atom stereocenters. The molecule has 2 heterocycles. The third kappa shape index (κ3) is 7.35. The van der Waals surface area contributed by atoms with Crippen molar-refractivity contribution in [3.8, 4) is 17.2 Å². The molecule has 3 aromatic carbocycles. The third-order valence-electron chi connectivity index (χ3n) is 6.77. The van der Waals surface area contributed by atoms with Gasteiger partial charge in [-0.15, -0.1) is 0 Å². The molecule has 10 nitrogen and oxygen atoms in total. The Balaban J connectivity index is 1.25. The lowest BCUT2D eigenvalue weighted by molar-refractivity contribution is -0.132. The van der Waals surface area contributed by atoms with Crippen LogP contribution in [0.15, 0.2) is 54.9 Å². The highest BCUT2D eigenvalue weighted by molar-refractivity contribution is 7.81. The van der Waals surface area contributed by atoms with Crippen LogP contribution in [0.4, 0.5) is 19.8 Å². The van der Waals surface area contributed by atoms with Crippen LogP contribution in [0, 0.1) is 5.82 Å². The van der Waals surface area contributed by atoms with Crippen molar-refractivity contribution in [3.05, 3.63) is 76.3 Å². The number of aromatic nitrogens is 2. The van der Waals surface area contributed by atoms with Crippen molar-refractivity contribution in [2.24, 2.45) is 0 Å². The number of hydrogen-bond donors (Lipinski definition) is 1. The molecule has 0 saturated carbocycles. The van der Waals surface area contributed by atoms with Crippen molar-refractivity contribution in [1.29, 1.82) is 0 Å². The fraction of sp³-hybridized carbons (Fsp3) is 0.250. The first-order valence-electron chi connectivity index (χ1n) is 12.9. The molecule has 5 rings (SSSR count). The van der Waals surface area contributed by atoms with Crippen LogP contribution in [-0.2, 0) is 21.7 Å². The number of likely N-dealkylation sites (tertiary alicyclic amines) is 1. The van der Waals surface area contributed by atoms with Gasteiger partial charge in [0, 0.05) is 37.4 Å². The summed E-state index contributed by atoms with van der Waals surface area (Å²) in [6, 6.07) is 11.9. The first kappa shape index (κ1) is 30.5. The van der Waals surface area contributed by atoms with Gasteiger partial charge in [0.2, 0.25) is 5.91 Å². The molecule has 0 bridgehead atoms. The Kier molecular flexibility index (Phi) is 9.04. The van der Waals surface area contributed by atoms with E-state index in [-0.39, 0.29) is 39.9 Å². The number of amides is 1. The predicted octanol–water partition coefficient (Wildman–Crippen LogP) is 6.03. The molecular weight excluding hydrogens is 629 g/mol. The maximum Gasteiger partial charge on any atom is 0.488 e. The van der Waals surface area contributed by atoms with E-state index in [4.69, 9.17) is 32.7 Å². The monoisotopic (exact) mass is 652 g/mol. The van der Waals surface area contributed by atoms with Gasteiger partial charge in [-0.1, -0.05) is 39.2 Å². The molecule has 4 aromatic rings. The lowest BCUT2D eigenvalue weighted by atomic mass is 10.1. The molecule has 1 saturated heterocycles. The van der Waals surface area contributed by atoms with Gasteiger partial charge >= 0.3 is 10.5 Å². The normalized spacial score (nSPS) is 14.0. The largest absolute Gasteiger partial charge is 0.493 e. The summed E-state index contributed by atoms with van der Waals surface area (Å²) in [4.78, 5) is 23.1. The maximum atomic E-state index is 14.7. The van der Waals surface area contributed by atoms with Crippen molar-refractivity contribution in [2.75, 3.05) is 25.5 Å². The summed E-state index contributed by atoms with van der Waals surface area (Å²) in [5, 5.41) is 3.37. The van der Waals surface area contributed by atoms with Crippen molar-refractivity contribution in [2.45, 2.75) is 25.4 Å². The molecule has 1 N–H and O–H groups in total. The van der Waals surface area contributed by atoms with Gasteiger partial charge in [0.15, 0.2) is 17.3 Å². The quantitative estimate of drug-likeness (QED) is 0.171. The summed E-state index contributed by atoms with van der Waals surface area (Å²) >= 11 is 11.9. The van der Waals surface area contributed by atoms with E-state index in [1.807, 2.05) is 0 Å². The van der Waals surface area contributed by atoms with Crippen molar-refractivity contribution in [1.82, 2.24) is 14.9 Å². The van der Waals surface area contributed by atoms with Crippen LogP contribution in [-0.4, -0.2) is 55.5 Å². The average molecular weight is 653 g/mol. The molecule has 0 atom stereocenters. The topological polar surface area (TPSA) is 120 Å². The second kappa shape index (κ2) is 12.7. The summed E-state index contributed by atoms with van der Waals surface area (Å²) < 4.78 is 64.6. The fourth-order valence-corrected chi connectivity index (χ4v) is 5.28. The highest BCUT2D eigenvalue weighted by Gasteiger charge is 2.25. The first-order valence-corrected chi connectivity index (χ1v) is 15.0. The van der Waals surface area contributed by atoms with Crippen LogP contribution >= 0.6 is 23.2 Å². The Labute approximate surface area is 255 Å². The van der Waals surface area contributed by atoms with Crippen LogP contribution in [0.3, 0.4) is 0 Å². The number of piperidine rings is 1. The number of rotatable bonds is 9. The van der Waals surface area contributed by atoms with Crippen LogP contribution in [0.5, 0.6) is 17.2 Å². The van der Waals surface area contributed by atoms with Gasteiger partial charge in [-0.25, -0.2) is 14.4 Å². The molecule has 43 heavy (non-hydrogen) atoms. The Morgan fingerprint density at radius 2 is 1.79 bits per heavy atom. The van der Waals surface area contributed by atoms with Crippen LogP contribution in [0.2, 0.25) is 10.0 Å². The number of nitrogens with one attached hydrogen (secondary N) is 1. The minimum atomic E-state index is -5.12. The molecular formula is C28H24Cl2F2N4O6S. The molecule has 226 valence electrons. The van der Waals surface area contributed by atoms with Gasteiger partial charge in [0.05, 0.1) is 34.8 Å². The molecule has 1 aliphatic heterocycles. The highest BCUT2D eigenvalue weighted by atomic mass is 35.5. The highest BCUT2D eigenvalue weighted by Crippen LogP contribution is 2.37. The number of nitrogens with zero attached hydrogens (tertiary/aromatic N) is 3. The van der Waals surface area contributed by atoms with Crippen molar-refractivity contribution in [3.63, 3.8) is 0 Å². The van der Waals surface area contributed by atoms with E-state index in [9.17, 15) is 21.5 Å². The number of benzene rings is 3. The third-order valence-corrected chi connectivity index (χ3v) is 7.94. The molecule has 1 amide bonds. The number of methoxy groups -OCH3 is 1. The van der Waals surface area contributed by atoms with Gasteiger partial charge in [-0.05, 0) is 35.9 Å². The summed E-state index contributed by atoms with van der Waals surface area (Å²) in [5.41, 5.74) is 1.25. The van der Waals surface area contributed by atoms with Gasteiger partial charge < -0.3 is 23.9 Å². The van der Waals surface area contributed by atoms with Gasteiger partial charge in [-0.2, -0.15) is 8.42 Å². The van der Waals surface area contributed by atoms with Crippen LogP contribution < -0.4 is 19.0 Å². The number of anilines is 2. The number of ether oxygens (including phenoxy) is 2. The summed E-state index contributed by atoms with van der Waals surface area (Å²) in [7, 11) is -3.61. The molecule has 1 aromatic heterocycles. The minimum Gasteiger partial charge on any atom is -0.493 e. The maximum absolute atomic E-state index is 14.7. The number of carbonyl (C=O) groups is 1. The van der Waals surface area contributed by atoms with Gasteiger partial charge in [-0.3, -0.25) is 4.79 Å². The number of carbonyl (C=O) groups excluding carboxylic acids is 1. The zero-order chi connectivity index (χ0) is 30.7. The van der Waals surface area contributed by atoms with Crippen molar-refractivity contribution < 1.29 is 35.1 Å². The molecule has 15 heteroatoms. The molecule has 1 aliphatic rings. The van der Waals surface area contributed by atoms with E-state index in [0.717, 1.165) is 0 Å². The smallest absolute Gasteiger partial charge is 0.488 e. The molecule has 0 aliphatic carbocycles.